The first-order valence-corrected chi connectivity index (χ1v) is 8.97. The zero-order valence-corrected chi connectivity index (χ0v) is 16.9. The van der Waals surface area contributed by atoms with Crippen molar-refractivity contribution < 1.29 is 28.5 Å². The summed E-state index contributed by atoms with van der Waals surface area (Å²) in [6, 6.07) is 12.2. The van der Waals surface area contributed by atoms with Gasteiger partial charge in [0.2, 0.25) is 0 Å². The van der Waals surface area contributed by atoms with E-state index in [1.807, 2.05) is 12.1 Å². The van der Waals surface area contributed by atoms with Crippen LogP contribution in [-0.4, -0.2) is 39.8 Å². The fourth-order valence-corrected chi connectivity index (χ4v) is 2.69. The molecule has 0 heterocycles. The maximum Gasteiger partial charge on any atom is 0.331 e. The smallest absolute Gasteiger partial charge is 0.331 e. The minimum Gasteiger partial charge on any atom is -0.497 e. The van der Waals surface area contributed by atoms with E-state index in [0.717, 1.165) is 11.1 Å². The lowest BCUT2D eigenvalue weighted by Gasteiger charge is -2.18. The molecule has 0 saturated heterocycles. The van der Waals surface area contributed by atoms with Crippen LogP contribution < -0.4 is 19.5 Å². The van der Waals surface area contributed by atoms with E-state index < -0.39 is 18.5 Å². The first-order valence-electron chi connectivity index (χ1n) is 8.97. The largest absolute Gasteiger partial charge is 0.497 e. The Morgan fingerprint density at radius 1 is 1.00 bits per heavy atom. The van der Waals surface area contributed by atoms with Crippen molar-refractivity contribution in [3.05, 3.63) is 59.7 Å². The number of esters is 1. The maximum atomic E-state index is 12.2. The van der Waals surface area contributed by atoms with E-state index in [1.165, 1.54) is 6.08 Å². The summed E-state index contributed by atoms with van der Waals surface area (Å²) in [4.78, 5) is 24.0. The van der Waals surface area contributed by atoms with E-state index in [9.17, 15) is 9.59 Å². The van der Waals surface area contributed by atoms with Crippen molar-refractivity contribution in [1.82, 2.24) is 5.32 Å². The summed E-state index contributed by atoms with van der Waals surface area (Å²) in [5, 5.41) is 2.77. The van der Waals surface area contributed by atoms with Crippen LogP contribution in [0.1, 0.15) is 24.1 Å². The topological polar surface area (TPSA) is 83.1 Å². The Bertz CT molecular complexity index is 877. The quantitative estimate of drug-likeness (QED) is 0.515. The molecule has 0 aromatic heterocycles. The van der Waals surface area contributed by atoms with Gasteiger partial charge in [0.25, 0.3) is 5.91 Å². The predicted molar refractivity (Wildman–Crippen MR) is 109 cm³/mol. The van der Waals surface area contributed by atoms with E-state index in [2.05, 4.69) is 5.32 Å². The molecule has 0 radical (unpaired) electrons. The van der Waals surface area contributed by atoms with Gasteiger partial charge in [0, 0.05) is 17.2 Å². The van der Waals surface area contributed by atoms with Crippen LogP contribution in [0.15, 0.2) is 48.5 Å². The molecule has 7 heteroatoms. The van der Waals surface area contributed by atoms with Crippen LogP contribution >= 0.6 is 0 Å². The highest BCUT2D eigenvalue weighted by molar-refractivity contribution is 5.89. The van der Waals surface area contributed by atoms with Crippen LogP contribution in [0.3, 0.4) is 0 Å². The summed E-state index contributed by atoms with van der Waals surface area (Å²) >= 11 is 0. The molecule has 29 heavy (non-hydrogen) atoms. The fourth-order valence-electron chi connectivity index (χ4n) is 2.69. The van der Waals surface area contributed by atoms with Crippen molar-refractivity contribution in [2.24, 2.45) is 0 Å². The Morgan fingerprint density at radius 3 is 2.41 bits per heavy atom. The van der Waals surface area contributed by atoms with Crippen molar-refractivity contribution in [2.45, 2.75) is 13.0 Å². The standard InChI is InChI=1S/C22H25NO6/c1-15(18-13-17(26-2)10-11-20(18)28-4)23-21(24)14-29-22(25)12-9-16-7-5-6-8-19(16)27-3/h5-13,15H,14H2,1-4H3,(H,23,24)/b12-9+/t15-/m1/s1. The minimum atomic E-state index is -0.627. The van der Waals surface area contributed by atoms with Crippen LogP contribution in [-0.2, 0) is 14.3 Å². The first-order chi connectivity index (χ1) is 14.0. The molecule has 2 aromatic rings. The average Bonchev–Trinajstić information content (AvgIpc) is 2.75. The lowest BCUT2D eigenvalue weighted by Crippen LogP contribution is -2.31. The van der Waals surface area contributed by atoms with E-state index >= 15 is 0 Å². The highest BCUT2D eigenvalue weighted by atomic mass is 16.5. The third-order valence-electron chi connectivity index (χ3n) is 4.16. The second-order valence-corrected chi connectivity index (χ2v) is 6.08. The summed E-state index contributed by atoms with van der Waals surface area (Å²) < 4.78 is 20.8. The van der Waals surface area contributed by atoms with Gasteiger partial charge in [-0.15, -0.1) is 0 Å². The molecule has 2 aromatic carbocycles. The highest BCUT2D eigenvalue weighted by Crippen LogP contribution is 2.29. The van der Waals surface area contributed by atoms with Gasteiger partial charge in [-0.3, -0.25) is 4.79 Å². The number of hydrogen-bond acceptors (Lipinski definition) is 6. The van der Waals surface area contributed by atoms with Crippen LogP contribution in [0.25, 0.3) is 6.08 Å². The summed E-state index contributed by atoms with van der Waals surface area (Å²) in [5.41, 5.74) is 1.48. The van der Waals surface area contributed by atoms with Crippen molar-refractivity contribution in [3.63, 3.8) is 0 Å². The van der Waals surface area contributed by atoms with E-state index in [0.29, 0.717) is 17.2 Å². The lowest BCUT2D eigenvalue weighted by atomic mass is 10.1. The number of ether oxygens (including phenoxy) is 4. The molecule has 2 rings (SSSR count). The number of nitrogens with one attached hydrogen (secondary N) is 1. The molecule has 0 unspecified atom stereocenters. The van der Waals surface area contributed by atoms with Gasteiger partial charge in [-0.25, -0.2) is 4.79 Å². The SMILES string of the molecule is COc1ccc(OC)c([C@@H](C)NC(=O)COC(=O)/C=C/c2ccccc2OC)c1. The molecule has 0 spiro atoms. The summed E-state index contributed by atoms with van der Waals surface area (Å²) in [6.07, 6.45) is 2.82. The van der Waals surface area contributed by atoms with Gasteiger partial charge < -0.3 is 24.3 Å². The number of amides is 1. The summed E-state index contributed by atoms with van der Waals surface area (Å²) in [5.74, 6) is 0.847. The number of benzene rings is 2. The third kappa shape index (κ3) is 6.27. The molecule has 0 fully saturated rings. The first kappa shape index (κ1) is 21.8. The van der Waals surface area contributed by atoms with Crippen molar-refractivity contribution >= 4 is 18.0 Å². The summed E-state index contributed by atoms with van der Waals surface area (Å²) in [6.45, 7) is 1.41. The van der Waals surface area contributed by atoms with Crippen molar-refractivity contribution in [1.29, 1.82) is 0 Å². The van der Waals surface area contributed by atoms with Crippen molar-refractivity contribution in [3.8, 4) is 17.2 Å². The molecule has 154 valence electrons. The van der Waals surface area contributed by atoms with Gasteiger partial charge in [-0.05, 0) is 37.3 Å². The van der Waals surface area contributed by atoms with Crippen LogP contribution in [0, 0.1) is 0 Å². The minimum absolute atomic E-state index is 0.365. The molecule has 0 aliphatic rings. The van der Waals surface area contributed by atoms with Gasteiger partial charge in [-0.2, -0.15) is 0 Å². The number of carbonyl (C=O) groups is 2. The molecule has 0 bridgehead atoms. The number of rotatable bonds is 9. The van der Waals surface area contributed by atoms with Gasteiger partial charge >= 0.3 is 5.97 Å². The monoisotopic (exact) mass is 399 g/mol. The number of hydrogen-bond donors (Lipinski definition) is 1. The predicted octanol–water partition coefficient (Wildman–Crippen LogP) is 3.15. The Balaban J connectivity index is 1.91. The van der Waals surface area contributed by atoms with Crippen LogP contribution in [0.2, 0.25) is 0 Å². The van der Waals surface area contributed by atoms with Gasteiger partial charge in [0.1, 0.15) is 17.2 Å². The van der Waals surface area contributed by atoms with Gasteiger partial charge in [0.15, 0.2) is 6.61 Å². The van der Waals surface area contributed by atoms with Crippen LogP contribution in [0.4, 0.5) is 0 Å². The van der Waals surface area contributed by atoms with E-state index in [1.54, 1.807) is 64.7 Å². The van der Waals surface area contributed by atoms with Gasteiger partial charge in [0.05, 0.1) is 27.4 Å². The Morgan fingerprint density at radius 2 is 1.72 bits per heavy atom. The van der Waals surface area contributed by atoms with E-state index in [-0.39, 0.29) is 6.04 Å². The second kappa shape index (κ2) is 10.8. The van der Waals surface area contributed by atoms with E-state index in [4.69, 9.17) is 18.9 Å². The Labute approximate surface area is 170 Å². The summed E-state index contributed by atoms with van der Waals surface area (Å²) in [7, 11) is 4.66. The molecule has 0 saturated carbocycles. The highest BCUT2D eigenvalue weighted by Gasteiger charge is 2.16. The number of carbonyl (C=O) groups excluding carboxylic acids is 2. The number of methoxy groups -OCH3 is 3. The zero-order valence-electron chi connectivity index (χ0n) is 16.9. The molecule has 7 nitrogen and oxygen atoms in total. The Hall–Kier alpha value is -3.48. The average molecular weight is 399 g/mol. The number of para-hydroxylation sites is 1. The normalized spacial score (nSPS) is 11.6. The second-order valence-electron chi connectivity index (χ2n) is 6.08. The molecule has 1 atom stereocenters. The maximum absolute atomic E-state index is 12.2. The van der Waals surface area contributed by atoms with Crippen LogP contribution in [0.5, 0.6) is 17.2 Å². The molecule has 0 aliphatic heterocycles. The molecule has 0 aliphatic carbocycles. The zero-order chi connectivity index (χ0) is 21.2. The fraction of sp³-hybridized carbons (Fsp3) is 0.273. The van der Waals surface area contributed by atoms with Gasteiger partial charge in [-0.1, -0.05) is 18.2 Å². The Kier molecular flexibility index (Phi) is 8.09. The van der Waals surface area contributed by atoms with Crippen molar-refractivity contribution in [2.75, 3.05) is 27.9 Å². The molecular weight excluding hydrogens is 374 g/mol. The molecule has 1 N–H and O–H groups in total. The molecular formula is C22H25NO6. The lowest BCUT2D eigenvalue weighted by molar-refractivity contribution is -0.144. The molecule has 1 amide bonds. The third-order valence-corrected chi connectivity index (χ3v) is 4.16.